The van der Waals surface area contributed by atoms with Gasteiger partial charge in [0.15, 0.2) is 5.54 Å². The molecule has 1 N–H and O–H groups in total. The number of hydrogen-bond acceptors (Lipinski definition) is 3. The van der Waals surface area contributed by atoms with Gasteiger partial charge < -0.3 is 14.7 Å². The molecule has 0 aromatic rings. The molecular formula is C9H10F3NO4. The van der Waals surface area contributed by atoms with Gasteiger partial charge in [-0.3, -0.25) is 4.79 Å². The second-order valence-electron chi connectivity index (χ2n) is 4.23. The summed E-state index contributed by atoms with van der Waals surface area (Å²) in [6.07, 6.45) is -4.26. The lowest BCUT2D eigenvalue weighted by atomic mass is 9.94. The molecule has 0 radical (unpaired) electrons. The van der Waals surface area contributed by atoms with Gasteiger partial charge in [-0.05, 0) is 12.8 Å². The van der Waals surface area contributed by atoms with Crippen molar-refractivity contribution in [3.63, 3.8) is 0 Å². The molecule has 2 aliphatic rings. The first-order chi connectivity index (χ1) is 7.79. The molecule has 1 saturated heterocycles. The van der Waals surface area contributed by atoms with E-state index in [1.165, 1.54) is 0 Å². The van der Waals surface area contributed by atoms with Gasteiger partial charge in [-0.15, -0.1) is 0 Å². The van der Waals surface area contributed by atoms with Gasteiger partial charge in [-0.2, -0.15) is 13.2 Å². The van der Waals surface area contributed by atoms with Crippen LogP contribution in [0.4, 0.5) is 13.2 Å². The summed E-state index contributed by atoms with van der Waals surface area (Å²) in [5.74, 6) is -3.54. The molecule has 5 nitrogen and oxygen atoms in total. The van der Waals surface area contributed by atoms with E-state index in [0.717, 1.165) is 0 Å². The normalized spacial score (nSPS) is 22.8. The number of nitrogens with zero attached hydrogens (tertiary/aromatic N) is 1. The van der Waals surface area contributed by atoms with Crippen molar-refractivity contribution in [2.75, 3.05) is 13.2 Å². The average Bonchev–Trinajstić information content (AvgIpc) is 2.90. The fourth-order valence-electron chi connectivity index (χ4n) is 1.84. The van der Waals surface area contributed by atoms with E-state index in [9.17, 15) is 22.8 Å². The van der Waals surface area contributed by atoms with Crippen molar-refractivity contribution < 1.29 is 32.6 Å². The van der Waals surface area contributed by atoms with Gasteiger partial charge in [-0.25, -0.2) is 4.79 Å². The Bertz CT molecular complexity index is 360. The summed E-state index contributed by atoms with van der Waals surface area (Å²) in [6.45, 7) is -0.776. The third-order valence-corrected chi connectivity index (χ3v) is 2.91. The number of hydrogen-bond donors (Lipinski definition) is 1. The molecule has 0 aromatic heterocycles. The Labute approximate surface area is 94.1 Å². The summed E-state index contributed by atoms with van der Waals surface area (Å²) in [4.78, 5) is 22.8. The second-order valence-corrected chi connectivity index (χ2v) is 4.23. The first kappa shape index (κ1) is 12.2. The van der Waals surface area contributed by atoms with Crippen molar-refractivity contribution in [1.82, 2.24) is 4.90 Å². The highest BCUT2D eigenvalue weighted by atomic mass is 19.4. The second kappa shape index (κ2) is 3.59. The van der Waals surface area contributed by atoms with Gasteiger partial charge in [0.2, 0.25) is 0 Å². The van der Waals surface area contributed by atoms with Crippen LogP contribution in [0.3, 0.4) is 0 Å². The molecule has 1 aliphatic carbocycles. The fraction of sp³-hybridized carbons (Fsp3) is 0.778. The number of carbonyl (C=O) groups is 2. The number of ether oxygens (including phenoxy) is 1. The number of alkyl halides is 3. The van der Waals surface area contributed by atoms with E-state index in [2.05, 4.69) is 4.74 Å². The van der Waals surface area contributed by atoms with E-state index in [1.807, 2.05) is 0 Å². The zero-order chi connectivity index (χ0) is 12.8. The highest BCUT2D eigenvalue weighted by Gasteiger charge is 2.61. The molecule has 2 fully saturated rings. The SMILES string of the molecule is O=C(N(C1CC1)C1(C(=O)O)COC1)C(F)(F)F. The van der Waals surface area contributed by atoms with Gasteiger partial charge in [0.05, 0.1) is 13.2 Å². The summed E-state index contributed by atoms with van der Waals surface area (Å²) in [7, 11) is 0. The zero-order valence-electron chi connectivity index (χ0n) is 8.66. The number of rotatable bonds is 3. The van der Waals surface area contributed by atoms with Gasteiger partial charge in [0.25, 0.3) is 0 Å². The number of halogens is 3. The van der Waals surface area contributed by atoms with E-state index >= 15 is 0 Å². The maximum absolute atomic E-state index is 12.4. The lowest BCUT2D eigenvalue weighted by Crippen LogP contribution is -2.70. The van der Waals surface area contributed by atoms with Crippen LogP contribution in [0.15, 0.2) is 0 Å². The molecule has 1 amide bonds. The quantitative estimate of drug-likeness (QED) is 0.790. The minimum atomic E-state index is -5.05. The first-order valence-corrected chi connectivity index (χ1v) is 5.01. The number of carboxylic acid groups (broad SMARTS) is 1. The highest BCUT2D eigenvalue weighted by Crippen LogP contribution is 2.39. The van der Waals surface area contributed by atoms with Crippen LogP contribution in [0.25, 0.3) is 0 Å². The topological polar surface area (TPSA) is 66.8 Å². The molecular weight excluding hydrogens is 243 g/mol. The largest absolute Gasteiger partial charge is 0.479 e. The maximum atomic E-state index is 12.4. The predicted octanol–water partition coefficient (Wildman–Crippen LogP) is 0.393. The molecule has 1 saturated carbocycles. The molecule has 2 rings (SSSR count). The lowest BCUT2D eigenvalue weighted by Gasteiger charge is -2.46. The average molecular weight is 253 g/mol. The molecule has 0 spiro atoms. The molecule has 17 heavy (non-hydrogen) atoms. The smallest absolute Gasteiger partial charge is 0.471 e. The third-order valence-electron chi connectivity index (χ3n) is 2.91. The third kappa shape index (κ3) is 1.86. The van der Waals surface area contributed by atoms with Crippen LogP contribution in [0, 0.1) is 0 Å². The highest BCUT2D eigenvalue weighted by molar-refractivity contribution is 5.91. The molecule has 8 heteroatoms. The summed E-state index contributed by atoms with van der Waals surface area (Å²) in [5, 5.41) is 9.00. The molecule has 1 aliphatic heterocycles. The molecule has 0 bridgehead atoms. The van der Waals surface area contributed by atoms with E-state index in [1.54, 1.807) is 0 Å². The summed E-state index contributed by atoms with van der Waals surface area (Å²) in [6, 6.07) is -0.635. The van der Waals surface area contributed by atoms with Crippen LogP contribution in [0.1, 0.15) is 12.8 Å². The Kier molecular flexibility index (Phi) is 2.57. The Balaban J connectivity index is 2.29. The molecule has 1 heterocycles. The number of carboxylic acids is 1. The molecule has 0 aromatic carbocycles. The summed E-state index contributed by atoms with van der Waals surface area (Å²) >= 11 is 0. The summed E-state index contributed by atoms with van der Waals surface area (Å²) < 4.78 is 41.9. The van der Waals surface area contributed by atoms with Crippen LogP contribution in [0.2, 0.25) is 0 Å². The van der Waals surface area contributed by atoms with E-state index in [4.69, 9.17) is 5.11 Å². The summed E-state index contributed by atoms with van der Waals surface area (Å²) in [5.41, 5.74) is -1.84. The van der Waals surface area contributed by atoms with Crippen LogP contribution in [0.5, 0.6) is 0 Å². The first-order valence-electron chi connectivity index (χ1n) is 5.01. The van der Waals surface area contributed by atoms with Crippen LogP contribution in [-0.2, 0) is 14.3 Å². The van der Waals surface area contributed by atoms with E-state index in [-0.39, 0.29) is 13.2 Å². The maximum Gasteiger partial charge on any atom is 0.471 e. The Morgan fingerprint density at radius 3 is 2.06 bits per heavy atom. The van der Waals surface area contributed by atoms with Crippen molar-refractivity contribution >= 4 is 11.9 Å². The van der Waals surface area contributed by atoms with Crippen LogP contribution in [-0.4, -0.2) is 52.9 Å². The number of amides is 1. The van der Waals surface area contributed by atoms with Gasteiger partial charge in [0.1, 0.15) is 0 Å². The van der Waals surface area contributed by atoms with Crippen molar-refractivity contribution in [1.29, 1.82) is 0 Å². The van der Waals surface area contributed by atoms with E-state index in [0.29, 0.717) is 17.7 Å². The zero-order valence-corrected chi connectivity index (χ0v) is 8.66. The van der Waals surface area contributed by atoms with Crippen LogP contribution >= 0.6 is 0 Å². The van der Waals surface area contributed by atoms with Crippen molar-refractivity contribution in [2.24, 2.45) is 0 Å². The van der Waals surface area contributed by atoms with Crippen molar-refractivity contribution in [2.45, 2.75) is 30.6 Å². The Hall–Kier alpha value is -1.31. The standard InChI is InChI=1S/C9H10F3NO4/c10-9(11,12)6(14)13(5-1-2-5)8(7(15)16)3-17-4-8/h5H,1-4H2,(H,15,16). The number of aliphatic carboxylic acids is 1. The minimum Gasteiger partial charge on any atom is -0.479 e. The molecule has 0 unspecified atom stereocenters. The van der Waals surface area contributed by atoms with Gasteiger partial charge in [-0.1, -0.05) is 0 Å². The monoisotopic (exact) mass is 253 g/mol. The van der Waals surface area contributed by atoms with Crippen LogP contribution < -0.4 is 0 Å². The molecule has 0 atom stereocenters. The Morgan fingerprint density at radius 2 is 1.82 bits per heavy atom. The predicted molar refractivity (Wildman–Crippen MR) is 47.1 cm³/mol. The van der Waals surface area contributed by atoms with Gasteiger partial charge in [0, 0.05) is 6.04 Å². The van der Waals surface area contributed by atoms with Crippen molar-refractivity contribution in [3.05, 3.63) is 0 Å². The van der Waals surface area contributed by atoms with E-state index < -0.39 is 29.6 Å². The minimum absolute atomic E-state index is 0.388. The fourth-order valence-corrected chi connectivity index (χ4v) is 1.84. The number of carbonyl (C=O) groups excluding carboxylic acids is 1. The lowest BCUT2D eigenvalue weighted by molar-refractivity contribution is -0.217. The Morgan fingerprint density at radius 1 is 1.29 bits per heavy atom. The molecule has 96 valence electrons. The van der Waals surface area contributed by atoms with Gasteiger partial charge >= 0.3 is 18.1 Å². The van der Waals surface area contributed by atoms with Crippen molar-refractivity contribution in [3.8, 4) is 0 Å².